The molecular formula is C31H36F4O. The van der Waals surface area contributed by atoms with Gasteiger partial charge in [-0.25, -0.2) is 17.6 Å². The Morgan fingerprint density at radius 1 is 0.667 bits per heavy atom. The Bertz CT molecular complexity index is 1040. The Balaban J connectivity index is 1.15. The molecule has 0 bridgehead atoms. The molecule has 0 spiro atoms. The van der Waals surface area contributed by atoms with Crippen molar-refractivity contribution < 1.29 is 22.3 Å². The number of benzene rings is 2. The second kappa shape index (κ2) is 11.1. The summed E-state index contributed by atoms with van der Waals surface area (Å²) in [6, 6.07) is 7.67. The van der Waals surface area contributed by atoms with Gasteiger partial charge in [0.15, 0.2) is 17.5 Å². The molecule has 2 unspecified atom stereocenters. The second-order valence-corrected chi connectivity index (χ2v) is 11.2. The minimum absolute atomic E-state index is 0.105. The van der Waals surface area contributed by atoms with Crippen LogP contribution in [0.15, 0.2) is 43.0 Å². The van der Waals surface area contributed by atoms with E-state index in [2.05, 4.69) is 18.7 Å². The van der Waals surface area contributed by atoms with E-state index < -0.39 is 23.6 Å². The van der Waals surface area contributed by atoms with Crippen LogP contribution in [0, 0.1) is 41.0 Å². The minimum atomic E-state index is -1.47. The third kappa shape index (κ3) is 5.41. The van der Waals surface area contributed by atoms with Gasteiger partial charge < -0.3 is 4.74 Å². The highest BCUT2D eigenvalue weighted by molar-refractivity contribution is 5.31. The molecule has 2 saturated carbocycles. The van der Waals surface area contributed by atoms with E-state index in [-0.39, 0.29) is 23.9 Å². The Kier molecular flexibility index (Phi) is 7.85. The van der Waals surface area contributed by atoms with Crippen molar-refractivity contribution in [3.63, 3.8) is 0 Å². The van der Waals surface area contributed by atoms with Crippen LogP contribution in [0.3, 0.4) is 0 Å². The first kappa shape index (κ1) is 25.5. The van der Waals surface area contributed by atoms with Gasteiger partial charge in [0.1, 0.15) is 5.82 Å². The van der Waals surface area contributed by atoms with Crippen molar-refractivity contribution in [3.05, 3.63) is 82.9 Å². The van der Waals surface area contributed by atoms with Crippen LogP contribution in [-0.2, 0) is 4.74 Å². The summed E-state index contributed by atoms with van der Waals surface area (Å²) in [4.78, 5) is 0. The molecule has 3 fully saturated rings. The van der Waals surface area contributed by atoms with Crippen molar-refractivity contribution in [2.24, 2.45) is 17.8 Å². The van der Waals surface area contributed by atoms with E-state index in [9.17, 15) is 13.2 Å². The van der Waals surface area contributed by atoms with Crippen LogP contribution in [0.1, 0.15) is 98.8 Å². The predicted molar refractivity (Wildman–Crippen MR) is 134 cm³/mol. The molecule has 1 nitrogen and oxygen atoms in total. The first-order valence-electron chi connectivity index (χ1n) is 13.6. The number of rotatable bonds is 5. The molecule has 0 radical (unpaired) electrons. The summed E-state index contributed by atoms with van der Waals surface area (Å²) in [6.45, 7) is 4.22. The van der Waals surface area contributed by atoms with Gasteiger partial charge in [0.25, 0.3) is 0 Å². The average Bonchev–Trinajstić information content (AvgIpc) is 2.92. The lowest BCUT2D eigenvalue weighted by Gasteiger charge is -2.37. The highest BCUT2D eigenvalue weighted by atomic mass is 19.2. The van der Waals surface area contributed by atoms with Crippen LogP contribution in [0.2, 0.25) is 0 Å². The molecule has 1 aliphatic heterocycles. The summed E-state index contributed by atoms with van der Waals surface area (Å²) in [7, 11) is 0. The topological polar surface area (TPSA) is 9.23 Å². The fourth-order valence-corrected chi connectivity index (χ4v) is 6.93. The Labute approximate surface area is 211 Å². The SMILES string of the molecule is C=CC1CCC(C2CCC(c3ccc(C4CCC(c5cc(F)c(F)c(F)c5)OC4)c(F)c3)CC2)CC1. The van der Waals surface area contributed by atoms with E-state index in [1.54, 1.807) is 6.07 Å². The van der Waals surface area contributed by atoms with E-state index >= 15 is 4.39 Å². The maximum atomic E-state index is 15.2. The molecule has 0 N–H and O–H groups in total. The number of halogens is 4. The number of allylic oxidation sites excluding steroid dienone is 1. The van der Waals surface area contributed by atoms with Crippen molar-refractivity contribution >= 4 is 0 Å². The van der Waals surface area contributed by atoms with Gasteiger partial charge in [0.2, 0.25) is 0 Å². The molecule has 1 saturated heterocycles. The lowest BCUT2D eigenvalue weighted by atomic mass is 9.68. The quantitative estimate of drug-likeness (QED) is 0.226. The van der Waals surface area contributed by atoms with Gasteiger partial charge >= 0.3 is 0 Å². The van der Waals surface area contributed by atoms with Gasteiger partial charge in [-0.2, -0.15) is 0 Å². The van der Waals surface area contributed by atoms with Crippen molar-refractivity contribution in [1.82, 2.24) is 0 Å². The van der Waals surface area contributed by atoms with E-state index in [1.807, 2.05) is 6.07 Å². The van der Waals surface area contributed by atoms with Crippen LogP contribution in [0.5, 0.6) is 0 Å². The molecule has 1 heterocycles. The molecule has 5 heteroatoms. The second-order valence-electron chi connectivity index (χ2n) is 11.2. The van der Waals surface area contributed by atoms with Gasteiger partial charge in [-0.05, 0) is 123 Å². The fourth-order valence-electron chi connectivity index (χ4n) is 6.93. The Morgan fingerprint density at radius 2 is 1.25 bits per heavy atom. The molecule has 2 aromatic carbocycles. The van der Waals surface area contributed by atoms with E-state index in [0.717, 1.165) is 42.4 Å². The van der Waals surface area contributed by atoms with E-state index in [4.69, 9.17) is 4.74 Å². The summed E-state index contributed by atoms with van der Waals surface area (Å²) in [5.41, 5.74) is 2.02. The standard InChI is InChI=1S/C31H36F4O/c1-2-19-3-5-20(6-4-19)21-7-9-22(10-8-21)23-11-13-26(27(32)15-23)24-12-14-30(36-18-24)25-16-28(33)31(35)29(34)17-25/h2,11,13,15-17,19-22,24,30H,1,3-10,12,14,18H2. The molecule has 0 amide bonds. The molecule has 3 aliphatic rings. The Morgan fingerprint density at radius 3 is 1.81 bits per heavy atom. The third-order valence-electron chi connectivity index (χ3n) is 9.18. The zero-order chi connectivity index (χ0) is 25.2. The van der Waals surface area contributed by atoms with Gasteiger partial charge in [0.05, 0.1) is 12.7 Å². The highest BCUT2D eigenvalue weighted by Gasteiger charge is 2.32. The normalized spacial score (nSPS) is 31.2. The van der Waals surface area contributed by atoms with Gasteiger partial charge in [-0.1, -0.05) is 18.2 Å². The number of ether oxygens (including phenoxy) is 1. The Hall–Kier alpha value is -2.14. The van der Waals surface area contributed by atoms with Crippen LogP contribution in [0.25, 0.3) is 0 Å². The molecule has 2 atom stereocenters. The minimum Gasteiger partial charge on any atom is -0.373 e. The van der Waals surface area contributed by atoms with Crippen LogP contribution in [-0.4, -0.2) is 6.61 Å². The van der Waals surface area contributed by atoms with Crippen LogP contribution >= 0.6 is 0 Å². The number of hydrogen-bond donors (Lipinski definition) is 0. The lowest BCUT2D eigenvalue weighted by Crippen LogP contribution is -2.25. The zero-order valence-electron chi connectivity index (χ0n) is 20.8. The maximum absolute atomic E-state index is 15.2. The van der Waals surface area contributed by atoms with Gasteiger partial charge in [0, 0.05) is 5.92 Å². The molecule has 2 aromatic rings. The zero-order valence-corrected chi connectivity index (χ0v) is 20.8. The summed E-state index contributed by atoms with van der Waals surface area (Å²) < 4.78 is 61.5. The van der Waals surface area contributed by atoms with Gasteiger partial charge in [-0.15, -0.1) is 6.58 Å². The summed E-state index contributed by atoms with van der Waals surface area (Å²) in [5.74, 6) is -1.42. The van der Waals surface area contributed by atoms with Crippen molar-refractivity contribution in [3.8, 4) is 0 Å². The molecule has 0 aromatic heterocycles. The van der Waals surface area contributed by atoms with E-state index in [1.165, 1.54) is 38.5 Å². The van der Waals surface area contributed by atoms with Crippen molar-refractivity contribution in [2.45, 2.75) is 82.1 Å². The van der Waals surface area contributed by atoms with Crippen LogP contribution < -0.4 is 0 Å². The monoisotopic (exact) mass is 500 g/mol. The summed E-state index contributed by atoms with van der Waals surface area (Å²) in [5, 5.41) is 0. The molecule has 2 aliphatic carbocycles. The van der Waals surface area contributed by atoms with Crippen molar-refractivity contribution in [1.29, 1.82) is 0 Å². The average molecular weight is 501 g/mol. The fraction of sp³-hybridized carbons (Fsp3) is 0.548. The summed E-state index contributed by atoms with van der Waals surface area (Å²) >= 11 is 0. The van der Waals surface area contributed by atoms with Crippen LogP contribution in [0.4, 0.5) is 17.6 Å². The molecule has 5 rings (SSSR count). The molecule has 36 heavy (non-hydrogen) atoms. The highest BCUT2D eigenvalue weighted by Crippen LogP contribution is 2.45. The first-order valence-corrected chi connectivity index (χ1v) is 13.6. The van der Waals surface area contributed by atoms with Crippen molar-refractivity contribution in [2.75, 3.05) is 6.61 Å². The third-order valence-corrected chi connectivity index (χ3v) is 9.18. The summed E-state index contributed by atoms with van der Waals surface area (Å²) in [6.07, 6.45) is 12.7. The lowest BCUT2D eigenvalue weighted by molar-refractivity contribution is 0.00132. The molecule has 194 valence electrons. The number of hydrogen-bond acceptors (Lipinski definition) is 1. The smallest absolute Gasteiger partial charge is 0.194 e. The maximum Gasteiger partial charge on any atom is 0.194 e. The largest absolute Gasteiger partial charge is 0.373 e. The predicted octanol–water partition coefficient (Wildman–Crippen LogP) is 9.14. The van der Waals surface area contributed by atoms with Gasteiger partial charge in [-0.3, -0.25) is 0 Å². The first-order chi connectivity index (χ1) is 17.4. The molecular weight excluding hydrogens is 464 g/mol. The van der Waals surface area contributed by atoms with E-state index in [0.29, 0.717) is 30.2 Å².